The number of nitrogens with zero attached hydrogens (tertiary/aromatic N) is 2. The van der Waals surface area contributed by atoms with Crippen LogP contribution < -0.4 is 5.19 Å². The molecule has 0 bridgehead atoms. The van der Waals surface area contributed by atoms with Gasteiger partial charge in [-0.3, -0.25) is 10.1 Å². The van der Waals surface area contributed by atoms with Gasteiger partial charge in [0.1, 0.15) is 8.07 Å². The van der Waals surface area contributed by atoms with E-state index in [4.69, 9.17) is 0 Å². The van der Waals surface area contributed by atoms with Crippen molar-refractivity contribution in [3.05, 3.63) is 92.8 Å². The van der Waals surface area contributed by atoms with Gasteiger partial charge in [0.15, 0.2) is 0 Å². The van der Waals surface area contributed by atoms with Gasteiger partial charge in [-0.25, -0.2) is 0 Å². The second kappa shape index (κ2) is 6.25. The van der Waals surface area contributed by atoms with E-state index in [1.165, 1.54) is 11.1 Å². The molecule has 0 N–H and O–H groups in total. The molecular formula is C21H22N2O2Si. The van der Waals surface area contributed by atoms with Crippen molar-refractivity contribution in [1.82, 2.24) is 4.90 Å². The monoisotopic (exact) mass is 362 g/mol. The Kier molecular flexibility index (Phi) is 4.04. The van der Waals surface area contributed by atoms with E-state index in [9.17, 15) is 10.1 Å². The maximum absolute atomic E-state index is 10.8. The lowest BCUT2D eigenvalue weighted by Gasteiger charge is -2.39. The summed E-state index contributed by atoms with van der Waals surface area (Å²) < 4.78 is 0. The quantitative estimate of drug-likeness (QED) is 0.472. The third-order valence-corrected chi connectivity index (χ3v) is 9.23. The van der Waals surface area contributed by atoms with Gasteiger partial charge in [0.25, 0.3) is 5.69 Å². The highest BCUT2D eigenvalue weighted by molar-refractivity contribution is 6.96. The van der Waals surface area contributed by atoms with Gasteiger partial charge in [0.05, 0.1) is 4.92 Å². The van der Waals surface area contributed by atoms with Crippen molar-refractivity contribution in [2.24, 2.45) is 0 Å². The largest absolute Gasteiger partial charge is 0.369 e. The first-order valence-corrected chi connectivity index (χ1v) is 11.9. The summed E-state index contributed by atoms with van der Waals surface area (Å²) in [6.07, 6.45) is 5.54. The number of nitro benzene ring substituents is 1. The van der Waals surface area contributed by atoms with E-state index in [0.717, 1.165) is 25.1 Å². The molecule has 26 heavy (non-hydrogen) atoms. The van der Waals surface area contributed by atoms with E-state index in [1.54, 1.807) is 22.5 Å². The average molecular weight is 363 g/mol. The topological polar surface area (TPSA) is 46.4 Å². The third-order valence-electron chi connectivity index (χ3n) is 5.53. The molecule has 2 aliphatic heterocycles. The van der Waals surface area contributed by atoms with Gasteiger partial charge >= 0.3 is 0 Å². The van der Waals surface area contributed by atoms with Crippen LogP contribution in [0.25, 0.3) is 0 Å². The highest BCUT2D eigenvalue weighted by atomic mass is 28.3. The molecule has 0 saturated carbocycles. The molecule has 0 amide bonds. The SMILES string of the molecule is C[Si]1(C)C2=C(Cc3ccccc31)CN(Cc1ccc([N+](=O)[O-])cc1)C=C2. The van der Waals surface area contributed by atoms with Gasteiger partial charge in [0, 0.05) is 25.2 Å². The van der Waals surface area contributed by atoms with Crippen molar-refractivity contribution < 1.29 is 4.92 Å². The molecule has 2 heterocycles. The lowest BCUT2D eigenvalue weighted by molar-refractivity contribution is -0.384. The van der Waals surface area contributed by atoms with E-state index in [1.807, 2.05) is 12.1 Å². The lowest BCUT2D eigenvalue weighted by Crippen LogP contribution is -2.50. The first-order chi connectivity index (χ1) is 12.4. The van der Waals surface area contributed by atoms with Gasteiger partial charge in [-0.05, 0) is 35.4 Å². The van der Waals surface area contributed by atoms with Crippen LogP contribution >= 0.6 is 0 Å². The summed E-state index contributed by atoms with van der Waals surface area (Å²) >= 11 is 0. The van der Waals surface area contributed by atoms with Gasteiger partial charge in [-0.2, -0.15) is 0 Å². The number of nitro groups is 1. The third kappa shape index (κ3) is 2.88. The summed E-state index contributed by atoms with van der Waals surface area (Å²) in [5.74, 6) is 0. The molecule has 0 aromatic heterocycles. The molecule has 0 spiro atoms. The number of benzene rings is 2. The van der Waals surface area contributed by atoms with Crippen LogP contribution in [0.3, 0.4) is 0 Å². The molecule has 2 aromatic rings. The fourth-order valence-corrected chi connectivity index (χ4v) is 7.53. The van der Waals surface area contributed by atoms with Crippen LogP contribution in [0, 0.1) is 10.1 Å². The lowest BCUT2D eigenvalue weighted by atomic mass is 10.0. The smallest absolute Gasteiger partial charge is 0.269 e. The Bertz CT molecular complexity index is 929. The van der Waals surface area contributed by atoms with Crippen LogP contribution in [-0.4, -0.2) is 24.4 Å². The van der Waals surface area contributed by atoms with Crippen molar-refractivity contribution in [3.63, 3.8) is 0 Å². The number of rotatable bonds is 3. The van der Waals surface area contributed by atoms with E-state index >= 15 is 0 Å². The van der Waals surface area contributed by atoms with Gasteiger partial charge in [0.2, 0.25) is 0 Å². The molecule has 0 saturated heterocycles. The Morgan fingerprint density at radius 3 is 2.58 bits per heavy atom. The zero-order chi connectivity index (χ0) is 18.3. The van der Waals surface area contributed by atoms with Gasteiger partial charge < -0.3 is 4.90 Å². The highest BCUT2D eigenvalue weighted by Crippen LogP contribution is 2.32. The molecule has 0 unspecified atom stereocenters. The van der Waals surface area contributed by atoms with E-state index < -0.39 is 8.07 Å². The second-order valence-corrected chi connectivity index (χ2v) is 11.9. The molecule has 5 heteroatoms. The maximum Gasteiger partial charge on any atom is 0.269 e. The standard InChI is InChI=1S/C21H22N2O2Si/c1-26(2)20-6-4-3-5-17(20)13-18-15-22(12-11-21(18)26)14-16-7-9-19(10-8-16)23(24)25/h3-12H,13-15H2,1-2H3. The first kappa shape index (κ1) is 16.8. The molecule has 2 aromatic carbocycles. The van der Waals surface area contributed by atoms with E-state index in [2.05, 4.69) is 54.5 Å². The molecule has 4 rings (SSSR count). The second-order valence-electron chi connectivity index (χ2n) is 7.62. The summed E-state index contributed by atoms with van der Waals surface area (Å²) in [7, 11) is -1.62. The molecular weight excluding hydrogens is 340 g/mol. The van der Waals surface area contributed by atoms with Crippen LogP contribution in [0.1, 0.15) is 11.1 Å². The Morgan fingerprint density at radius 2 is 1.85 bits per heavy atom. The zero-order valence-corrected chi connectivity index (χ0v) is 16.1. The zero-order valence-electron chi connectivity index (χ0n) is 15.1. The van der Waals surface area contributed by atoms with Crippen molar-refractivity contribution in [1.29, 1.82) is 0 Å². The summed E-state index contributed by atoms with van der Waals surface area (Å²) in [6, 6.07) is 15.8. The fraction of sp³-hybridized carbons (Fsp3) is 0.238. The highest BCUT2D eigenvalue weighted by Gasteiger charge is 2.36. The molecule has 2 aliphatic rings. The predicted molar refractivity (Wildman–Crippen MR) is 107 cm³/mol. The molecule has 0 radical (unpaired) electrons. The minimum absolute atomic E-state index is 0.143. The summed E-state index contributed by atoms with van der Waals surface area (Å²) in [6.45, 7) is 6.59. The van der Waals surface area contributed by atoms with Crippen LogP contribution in [0.2, 0.25) is 13.1 Å². The fourth-order valence-electron chi connectivity index (χ4n) is 4.21. The number of non-ortho nitro benzene ring substituents is 1. The Hall–Kier alpha value is -2.66. The normalized spacial score (nSPS) is 17.7. The number of hydrogen-bond acceptors (Lipinski definition) is 3. The van der Waals surface area contributed by atoms with Crippen molar-refractivity contribution in [2.45, 2.75) is 26.1 Å². The number of fused-ring (bicyclic) bond motifs is 1. The van der Waals surface area contributed by atoms with Gasteiger partial charge in [-0.1, -0.05) is 59.9 Å². The van der Waals surface area contributed by atoms with Crippen LogP contribution in [0.15, 0.2) is 71.6 Å². The van der Waals surface area contributed by atoms with Crippen LogP contribution in [-0.2, 0) is 13.0 Å². The van der Waals surface area contributed by atoms with Crippen molar-refractivity contribution in [3.8, 4) is 0 Å². The van der Waals surface area contributed by atoms with Crippen LogP contribution in [0.5, 0.6) is 0 Å². The van der Waals surface area contributed by atoms with Gasteiger partial charge in [-0.15, -0.1) is 0 Å². The average Bonchev–Trinajstić information content (AvgIpc) is 2.62. The maximum atomic E-state index is 10.8. The minimum Gasteiger partial charge on any atom is -0.369 e. The number of hydrogen-bond donors (Lipinski definition) is 0. The Balaban J connectivity index is 1.54. The Labute approximate surface area is 154 Å². The molecule has 4 nitrogen and oxygen atoms in total. The molecule has 0 aliphatic carbocycles. The molecule has 0 atom stereocenters. The minimum atomic E-state index is -1.62. The summed E-state index contributed by atoms with van der Waals surface area (Å²) in [5, 5.41) is 13.9. The summed E-state index contributed by atoms with van der Waals surface area (Å²) in [5.41, 5.74) is 4.25. The van der Waals surface area contributed by atoms with Crippen LogP contribution in [0.4, 0.5) is 5.69 Å². The summed E-state index contributed by atoms with van der Waals surface area (Å²) in [4.78, 5) is 12.8. The van der Waals surface area contributed by atoms with Crippen molar-refractivity contribution >= 4 is 18.9 Å². The molecule has 132 valence electrons. The first-order valence-electron chi connectivity index (χ1n) is 8.91. The van der Waals surface area contributed by atoms with E-state index in [0.29, 0.717) is 0 Å². The van der Waals surface area contributed by atoms with Crippen molar-refractivity contribution in [2.75, 3.05) is 6.54 Å². The predicted octanol–water partition coefficient (Wildman–Crippen LogP) is 3.93. The Morgan fingerprint density at radius 1 is 1.12 bits per heavy atom. The number of allylic oxidation sites excluding steroid dienone is 2. The molecule has 0 fully saturated rings. The van der Waals surface area contributed by atoms with E-state index in [-0.39, 0.29) is 10.6 Å².